The van der Waals surface area contributed by atoms with Crippen molar-refractivity contribution in [2.75, 3.05) is 0 Å². The lowest BCUT2D eigenvalue weighted by atomic mass is 10.1. The fourth-order valence-corrected chi connectivity index (χ4v) is 5.45. The Morgan fingerprint density at radius 1 is 0.385 bits per heavy atom. The molecule has 1 nitrogen and oxygen atoms in total. The van der Waals surface area contributed by atoms with Gasteiger partial charge in [0.05, 0.1) is 0 Å². The summed E-state index contributed by atoms with van der Waals surface area (Å²) in [5, 5.41) is 1.40. The summed E-state index contributed by atoms with van der Waals surface area (Å²) >= 11 is 10.8. The third-order valence-electron chi connectivity index (χ3n) is 7.51. The minimum absolute atomic E-state index is 0.699. The SMILES string of the molecule is CCCCCCCC/C=C\CCCCCCCC(=S)OC(=S)CCCCCCC/C=C\CCCCCCCC. The molecule has 0 fully saturated rings. The molecule has 0 amide bonds. The van der Waals surface area contributed by atoms with Gasteiger partial charge >= 0.3 is 0 Å². The summed E-state index contributed by atoms with van der Waals surface area (Å²) in [4.78, 5) is 0. The van der Waals surface area contributed by atoms with Crippen LogP contribution in [-0.4, -0.2) is 10.1 Å². The van der Waals surface area contributed by atoms with Gasteiger partial charge in [0.15, 0.2) is 10.1 Å². The highest BCUT2D eigenvalue weighted by atomic mass is 32.1. The standard InChI is InChI=1S/C36H66OS2/c1-3-5-7-9-11-13-15-17-19-21-23-25-27-29-31-33-35(38)37-36(39)34-32-30-28-26-24-22-20-18-16-14-12-10-8-6-4-2/h17-20H,3-16,21-34H2,1-2H3/b19-17-,20-18-. The molecule has 0 aromatic heterocycles. The first-order valence-electron chi connectivity index (χ1n) is 17.2. The van der Waals surface area contributed by atoms with Gasteiger partial charge in [0.1, 0.15) is 0 Å². The first-order chi connectivity index (χ1) is 19.2. The van der Waals surface area contributed by atoms with Gasteiger partial charge in [-0.25, -0.2) is 0 Å². The van der Waals surface area contributed by atoms with Crippen LogP contribution in [-0.2, 0) is 4.74 Å². The minimum Gasteiger partial charge on any atom is -0.443 e. The molecule has 0 aliphatic carbocycles. The molecule has 0 N–H and O–H groups in total. The summed E-state index contributed by atoms with van der Waals surface area (Å²) in [7, 11) is 0. The molecule has 0 aromatic carbocycles. The zero-order chi connectivity index (χ0) is 28.5. The van der Waals surface area contributed by atoms with Crippen LogP contribution in [0.4, 0.5) is 0 Å². The number of hydrogen-bond acceptors (Lipinski definition) is 3. The Labute approximate surface area is 256 Å². The molecule has 0 rings (SSSR count). The molecule has 3 heteroatoms. The minimum atomic E-state index is 0.699. The van der Waals surface area contributed by atoms with Gasteiger partial charge in [-0.15, -0.1) is 0 Å². The van der Waals surface area contributed by atoms with Crippen molar-refractivity contribution in [3.05, 3.63) is 24.3 Å². The Bertz CT molecular complexity index is 531. The topological polar surface area (TPSA) is 9.23 Å². The van der Waals surface area contributed by atoms with Crippen LogP contribution in [0.25, 0.3) is 0 Å². The molecular weight excluding hydrogens is 513 g/mol. The van der Waals surface area contributed by atoms with E-state index in [0.29, 0.717) is 10.1 Å². The molecule has 0 saturated heterocycles. The molecule has 0 aliphatic rings. The largest absolute Gasteiger partial charge is 0.443 e. The second kappa shape index (κ2) is 33.7. The van der Waals surface area contributed by atoms with E-state index in [-0.39, 0.29) is 0 Å². The van der Waals surface area contributed by atoms with E-state index < -0.39 is 0 Å². The maximum absolute atomic E-state index is 5.73. The molecule has 0 aliphatic heterocycles. The zero-order valence-electron chi connectivity index (χ0n) is 26.3. The second-order valence-electron chi connectivity index (χ2n) is 11.5. The van der Waals surface area contributed by atoms with E-state index in [1.807, 2.05) is 0 Å². The van der Waals surface area contributed by atoms with Crippen LogP contribution < -0.4 is 0 Å². The number of thiocarbonyl (C=S) groups is 2. The van der Waals surface area contributed by atoms with Crippen LogP contribution in [0.15, 0.2) is 24.3 Å². The van der Waals surface area contributed by atoms with Gasteiger partial charge in [0.25, 0.3) is 0 Å². The second-order valence-corrected chi connectivity index (χ2v) is 12.4. The smallest absolute Gasteiger partial charge is 0.168 e. The fourth-order valence-electron chi connectivity index (χ4n) is 4.91. The van der Waals surface area contributed by atoms with Gasteiger partial charge in [0.2, 0.25) is 0 Å². The third kappa shape index (κ3) is 33.6. The predicted molar refractivity (Wildman–Crippen MR) is 185 cm³/mol. The molecule has 0 spiro atoms. The number of unbranched alkanes of at least 4 members (excludes halogenated alkanes) is 22. The van der Waals surface area contributed by atoms with E-state index in [0.717, 1.165) is 25.7 Å². The molecule has 39 heavy (non-hydrogen) atoms. The van der Waals surface area contributed by atoms with Crippen LogP contribution in [0.5, 0.6) is 0 Å². The highest BCUT2D eigenvalue weighted by molar-refractivity contribution is 7.81. The molecule has 0 atom stereocenters. The van der Waals surface area contributed by atoms with E-state index in [2.05, 4.69) is 38.2 Å². The Kier molecular flexibility index (Phi) is 33.2. The molecule has 0 radical (unpaired) electrons. The number of allylic oxidation sites excluding steroid dienone is 4. The van der Waals surface area contributed by atoms with Crippen molar-refractivity contribution < 1.29 is 4.74 Å². The van der Waals surface area contributed by atoms with Gasteiger partial charge in [0, 0.05) is 12.8 Å². The summed E-state index contributed by atoms with van der Waals surface area (Å²) in [6, 6.07) is 0. The van der Waals surface area contributed by atoms with Gasteiger partial charge < -0.3 is 4.74 Å². The van der Waals surface area contributed by atoms with Crippen molar-refractivity contribution in [2.45, 2.75) is 194 Å². The van der Waals surface area contributed by atoms with Crippen molar-refractivity contribution in [2.24, 2.45) is 0 Å². The van der Waals surface area contributed by atoms with Crippen molar-refractivity contribution >= 4 is 34.5 Å². The van der Waals surface area contributed by atoms with Crippen molar-refractivity contribution in [1.82, 2.24) is 0 Å². The number of hydrogen-bond donors (Lipinski definition) is 0. The lowest BCUT2D eigenvalue weighted by molar-refractivity contribution is 0.516. The van der Waals surface area contributed by atoms with Crippen molar-refractivity contribution in [3.8, 4) is 0 Å². The van der Waals surface area contributed by atoms with E-state index >= 15 is 0 Å². The molecular formula is C36H66OS2. The fraction of sp³-hybridized carbons (Fsp3) is 0.833. The van der Waals surface area contributed by atoms with Gasteiger partial charge in [-0.05, 0) is 88.6 Å². The van der Waals surface area contributed by atoms with Crippen LogP contribution >= 0.6 is 24.4 Å². The van der Waals surface area contributed by atoms with Crippen LogP contribution in [0.1, 0.15) is 194 Å². The molecule has 0 unspecified atom stereocenters. The normalized spacial score (nSPS) is 11.6. The number of ether oxygens (including phenoxy) is 1. The first-order valence-corrected chi connectivity index (χ1v) is 18.1. The molecule has 0 saturated carbocycles. The first kappa shape index (κ1) is 38.5. The summed E-state index contributed by atoms with van der Waals surface area (Å²) in [6.45, 7) is 4.56. The van der Waals surface area contributed by atoms with Crippen LogP contribution in [0.2, 0.25) is 0 Å². The predicted octanol–water partition coefficient (Wildman–Crippen LogP) is 13.7. The Morgan fingerprint density at radius 2 is 0.641 bits per heavy atom. The maximum Gasteiger partial charge on any atom is 0.168 e. The quantitative estimate of drug-likeness (QED) is 0.0476. The third-order valence-corrected chi connectivity index (χ3v) is 8.09. The van der Waals surface area contributed by atoms with Crippen LogP contribution in [0, 0.1) is 0 Å². The monoisotopic (exact) mass is 578 g/mol. The van der Waals surface area contributed by atoms with Gasteiger partial charge in [-0.1, -0.05) is 141 Å². The number of rotatable bonds is 30. The maximum atomic E-state index is 5.73. The Balaban J connectivity index is 3.37. The lowest BCUT2D eigenvalue weighted by Gasteiger charge is -2.08. The molecule has 0 bridgehead atoms. The van der Waals surface area contributed by atoms with Crippen molar-refractivity contribution in [3.63, 3.8) is 0 Å². The average molecular weight is 579 g/mol. The lowest BCUT2D eigenvalue weighted by Crippen LogP contribution is -2.08. The summed E-state index contributed by atoms with van der Waals surface area (Å²) in [6.07, 6.45) is 45.6. The Hall–Kier alpha value is -0.540. The summed E-state index contributed by atoms with van der Waals surface area (Å²) < 4.78 is 5.73. The van der Waals surface area contributed by atoms with E-state index in [1.165, 1.54) is 154 Å². The Morgan fingerprint density at radius 3 is 0.949 bits per heavy atom. The highest BCUT2D eigenvalue weighted by Crippen LogP contribution is 2.13. The van der Waals surface area contributed by atoms with E-state index in [9.17, 15) is 0 Å². The van der Waals surface area contributed by atoms with Gasteiger partial charge in [-0.2, -0.15) is 0 Å². The highest BCUT2D eigenvalue weighted by Gasteiger charge is 2.04. The zero-order valence-corrected chi connectivity index (χ0v) is 28.0. The molecule has 228 valence electrons. The average Bonchev–Trinajstić information content (AvgIpc) is 2.93. The van der Waals surface area contributed by atoms with Crippen molar-refractivity contribution in [1.29, 1.82) is 0 Å². The van der Waals surface area contributed by atoms with E-state index in [1.54, 1.807) is 0 Å². The summed E-state index contributed by atoms with van der Waals surface area (Å²) in [5.41, 5.74) is 0. The summed E-state index contributed by atoms with van der Waals surface area (Å²) in [5.74, 6) is 0. The van der Waals surface area contributed by atoms with Crippen LogP contribution in [0.3, 0.4) is 0 Å². The van der Waals surface area contributed by atoms with E-state index in [4.69, 9.17) is 29.2 Å². The van der Waals surface area contributed by atoms with Gasteiger partial charge in [-0.3, -0.25) is 0 Å². The molecule has 0 heterocycles. The molecule has 0 aromatic rings.